The number of thioether (sulfide) groups is 1. The molecule has 2 aromatic carbocycles. The highest BCUT2D eigenvalue weighted by Gasteiger charge is 2.39. The number of morpholine rings is 1. The SMILES string of the molecule is C=CCN=C1S[C@H](CC(=O)Nc2ccc(OC)cc2[N+](=O)[O-])C(=O)N1/N=C\c1ccc(OCC(=O)N2C[C@H](C)O[C@@H](C)C2)c(OC)c1. The highest BCUT2D eigenvalue weighted by molar-refractivity contribution is 8.15. The summed E-state index contributed by atoms with van der Waals surface area (Å²) in [5.41, 5.74) is 0.190. The molecule has 0 aliphatic carbocycles. The predicted molar refractivity (Wildman–Crippen MR) is 176 cm³/mol. The van der Waals surface area contributed by atoms with Crippen molar-refractivity contribution in [2.24, 2.45) is 10.1 Å². The van der Waals surface area contributed by atoms with E-state index in [0.29, 0.717) is 30.2 Å². The second-order valence-corrected chi connectivity index (χ2v) is 11.7. The van der Waals surface area contributed by atoms with Gasteiger partial charge in [-0.1, -0.05) is 17.8 Å². The Labute approximate surface area is 275 Å². The number of carbonyl (C=O) groups excluding carboxylic acids is 3. The summed E-state index contributed by atoms with van der Waals surface area (Å²) in [5, 5.41) is 18.8. The molecule has 2 saturated heterocycles. The lowest BCUT2D eigenvalue weighted by Gasteiger charge is -2.35. The number of ether oxygens (including phenoxy) is 4. The van der Waals surface area contributed by atoms with E-state index >= 15 is 0 Å². The van der Waals surface area contributed by atoms with Gasteiger partial charge >= 0.3 is 0 Å². The Hall–Kier alpha value is -4.96. The summed E-state index contributed by atoms with van der Waals surface area (Å²) in [6.45, 7) is 8.49. The van der Waals surface area contributed by atoms with Gasteiger partial charge in [-0.2, -0.15) is 10.1 Å². The lowest BCUT2D eigenvalue weighted by Crippen LogP contribution is -2.49. The second-order valence-electron chi connectivity index (χ2n) is 10.6. The zero-order valence-electron chi connectivity index (χ0n) is 26.4. The van der Waals surface area contributed by atoms with Gasteiger partial charge in [-0.05, 0) is 49.7 Å². The number of hydrogen-bond acceptors (Lipinski definition) is 12. The third-order valence-electron chi connectivity index (χ3n) is 6.95. The zero-order valence-corrected chi connectivity index (χ0v) is 27.2. The maximum Gasteiger partial charge on any atom is 0.296 e. The number of nitrogens with zero attached hydrogens (tertiary/aromatic N) is 5. The number of aliphatic imine (C=N–C) groups is 1. The quantitative estimate of drug-likeness (QED) is 0.144. The van der Waals surface area contributed by atoms with E-state index in [2.05, 4.69) is 22.0 Å². The van der Waals surface area contributed by atoms with Crippen molar-refractivity contribution in [3.63, 3.8) is 0 Å². The van der Waals surface area contributed by atoms with Gasteiger partial charge in [-0.15, -0.1) is 6.58 Å². The van der Waals surface area contributed by atoms with E-state index in [1.165, 1.54) is 38.6 Å². The Morgan fingerprint density at radius 1 is 1.15 bits per heavy atom. The van der Waals surface area contributed by atoms with Crippen molar-refractivity contribution in [1.82, 2.24) is 9.91 Å². The van der Waals surface area contributed by atoms with Crippen LogP contribution in [0.15, 0.2) is 59.1 Å². The first kappa shape index (κ1) is 34.9. The first-order chi connectivity index (χ1) is 22.5. The molecule has 250 valence electrons. The molecule has 0 spiro atoms. The van der Waals surface area contributed by atoms with Crippen LogP contribution in [0.3, 0.4) is 0 Å². The number of nitro benzene ring substituents is 1. The maximum atomic E-state index is 13.3. The molecule has 3 amide bonds. The average Bonchev–Trinajstić information content (AvgIpc) is 3.33. The molecule has 16 heteroatoms. The highest BCUT2D eigenvalue weighted by Crippen LogP contribution is 2.33. The van der Waals surface area contributed by atoms with Crippen LogP contribution in [0.4, 0.5) is 11.4 Å². The van der Waals surface area contributed by atoms with Crippen LogP contribution >= 0.6 is 11.8 Å². The van der Waals surface area contributed by atoms with Crippen LogP contribution in [-0.2, 0) is 19.1 Å². The molecule has 0 unspecified atom stereocenters. The first-order valence-electron chi connectivity index (χ1n) is 14.6. The molecule has 2 aliphatic heterocycles. The number of hydrogen-bond donors (Lipinski definition) is 1. The van der Waals surface area contributed by atoms with Gasteiger partial charge in [-0.3, -0.25) is 29.5 Å². The molecule has 4 rings (SSSR count). The van der Waals surface area contributed by atoms with Crippen molar-refractivity contribution in [3.05, 3.63) is 64.7 Å². The smallest absolute Gasteiger partial charge is 0.296 e. The van der Waals surface area contributed by atoms with Crippen LogP contribution in [0.25, 0.3) is 0 Å². The molecule has 0 radical (unpaired) electrons. The van der Waals surface area contributed by atoms with Gasteiger partial charge in [0.2, 0.25) is 5.91 Å². The number of benzene rings is 2. The number of nitrogens with one attached hydrogen (secondary N) is 1. The Morgan fingerprint density at radius 2 is 1.89 bits per heavy atom. The molecule has 2 aliphatic rings. The van der Waals surface area contributed by atoms with E-state index in [1.807, 2.05) is 13.8 Å². The second kappa shape index (κ2) is 16.0. The van der Waals surface area contributed by atoms with Crippen molar-refractivity contribution in [2.45, 2.75) is 37.7 Å². The molecule has 1 N–H and O–H groups in total. The largest absolute Gasteiger partial charge is 0.496 e. The Bertz CT molecular complexity index is 1570. The number of amides is 3. The molecule has 3 atom stereocenters. The first-order valence-corrected chi connectivity index (χ1v) is 15.5. The molecule has 47 heavy (non-hydrogen) atoms. The van der Waals surface area contributed by atoms with Crippen LogP contribution in [-0.4, -0.2) is 102 Å². The van der Waals surface area contributed by atoms with Gasteiger partial charge in [0.15, 0.2) is 23.3 Å². The number of rotatable bonds is 13. The number of carbonyl (C=O) groups is 3. The number of nitro groups is 1. The van der Waals surface area contributed by atoms with E-state index in [1.54, 1.807) is 29.2 Å². The van der Waals surface area contributed by atoms with E-state index in [9.17, 15) is 24.5 Å². The molecule has 15 nitrogen and oxygen atoms in total. The summed E-state index contributed by atoms with van der Waals surface area (Å²) in [7, 11) is 2.84. The summed E-state index contributed by atoms with van der Waals surface area (Å²) in [4.78, 5) is 55.9. The lowest BCUT2D eigenvalue weighted by molar-refractivity contribution is -0.384. The van der Waals surface area contributed by atoms with Gasteiger partial charge in [0.25, 0.3) is 17.5 Å². The standard InChI is InChI=1S/C31H36N6O9S/c1-6-11-32-31-36(30(40)27(47-31)14-28(38)34-23-9-8-22(43-4)13-24(23)37(41)42)33-15-21-7-10-25(26(12-21)44-5)45-18-29(39)35-16-19(2)46-20(3)17-35/h6-10,12-13,15,19-20,27H,1,11,14,16-18H2,2-5H3,(H,34,38)/b32-31?,33-15-/t19-,20-,27+/m0/s1. The maximum absolute atomic E-state index is 13.3. The summed E-state index contributed by atoms with van der Waals surface area (Å²) >= 11 is 1.05. The van der Waals surface area contributed by atoms with Crippen molar-refractivity contribution < 1.29 is 38.3 Å². The summed E-state index contributed by atoms with van der Waals surface area (Å²) in [5.74, 6) is -0.288. The van der Waals surface area contributed by atoms with Crippen LogP contribution in [0.5, 0.6) is 17.2 Å². The molecule has 0 bridgehead atoms. The number of anilines is 1. The fourth-order valence-electron chi connectivity index (χ4n) is 4.83. The Balaban J connectivity index is 1.43. The monoisotopic (exact) mass is 668 g/mol. The third-order valence-corrected chi connectivity index (χ3v) is 8.11. The van der Waals surface area contributed by atoms with Crippen molar-refractivity contribution in [2.75, 3.05) is 45.8 Å². The van der Waals surface area contributed by atoms with Gasteiger partial charge in [0.1, 0.15) is 16.7 Å². The normalized spacial score (nSPS) is 20.4. The molecule has 2 aromatic rings. The van der Waals surface area contributed by atoms with Crippen molar-refractivity contribution in [1.29, 1.82) is 0 Å². The van der Waals surface area contributed by atoms with E-state index in [4.69, 9.17) is 18.9 Å². The lowest BCUT2D eigenvalue weighted by atomic mass is 10.2. The summed E-state index contributed by atoms with van der Waals surface area (Å²) < 4.78 is 22.0. The van der Waals surface area contributed by atoms with E-state index in [0.717, 1.165) is 16.8 Å². The average molecular weight is 669 g/mol. The fourth-order valence-corrected chi connectivity index (χ4v) is 5.90. The minimum absolute atomic E-state index is 0.0253. The van der Waals surface area contributed by atoms with E-state index < -0.39 is 22.0 Å². The topological polar surface area (TPSA) is 174 Å². The van der Waals surface area contributed by atoms with Crippen LogP contribution in [0, 0.1) is 10.1 Å². The predicted octanol–water partition coefficient (Wildman–Crippen LogP) is 3.48. The molecule has 2 fully saturated rings. The summed E-state index contributed by atoms with van der Waals surface area (Å²) in [6.07, 6.45) is 2.58. The summed E-state index contributed by atoms with van der Waals surface area (Å²) in [6, 6.07) is 9.00. The van der Waals surface area contributed by atoms with Crippen LogP contribution < -0.4 is 19.5 Å². The zero-order chi connectivity index (χ0) is 34.1. The van der Waals surface area contributed by atoms with Gasteiger partial charge in [-0.25, -0.2) is 0 Å². The minimum atomic E-state index is -0.881. The fraction of sp³-hybridized carbons (Fsp3) is 0.387. The molecular formula is C31H36N6O9S. The number of hydrazone groups is 1. The van der Waals surface area contributed by atoms with Gasteiger partial charge < -0.3 is 29.2 Å². The van der Waals surface area contributed by atoms with Crippen LogP contribution in [0.1, 0.15) is 25.8 Å². The van der Waals surface area contributed by atoms with E-state index in [-0.39, 0.29) is 60.0 Å². The molecule has 2 heterocycles. The molecule has 0 aromatic heterocycles. The molecular weight excluding hydrogens is 632 g/mol. The highest BCUT2D eigenvalue weighted by atomic mass is 32.2. The van der Waals surface area contributed by atoms with Crippen molar-refractivity contribution >= 4 is 52.2 Å². The van der Waals surface area contributed by atoms with Gasteiger partial charge in [0.05, 0.1) is 50.2 Å². The van der Waals surface area contributed by atoms with Gasteiger partial charge in [0, 0.05) is 19.5 Å². The van der Waals surface area contributed by atoms with Crippen LogP contribution in [0.2, 0.25) is 0 Å². The number of amidine groups is 1. The van der Waals surface area contributed by atoms with Crippen molar-refractivity contribution in [3.8, 4) is 17.2 Å². The minimum Gasteiger partial charge on any atom is -0.496 e. The molecule has 0 saturated carbocycles. The third kappa shape index (κ3) is 9.07. The number of methoxy groups -OCH3 is 2. The Kier molecular flexibility index (Phi) is 11.9. The Morgan fingerprint density at radius 3 is 2.55 bits per heavy atom.